The molecule has 3 fully saturated rings. The van der Waals surface area contributed by atoms with Gasteiger partial charge in [0.25, 0.3) is 5.91 Å². The molecule has 44 heavy (non-hydrogen) atoms. The molecule has 0 radical (unpaired) electrons. The Morgan fingerprint density at radius 2 is 1.64 bits per heavy atom. The number of rotatable bonds is 6. The molecule has 2 saturated heterocycles. The Morgan fingerprint density at radius 1 is 0.955 bits per heavy atom. The van der Waals surface area contributed by atoms with E-state index in [1.807, 2.05) is 24.0 Å². The maximum Gasteiger partial charge on any atom is 0.321 e. The summed E-state index contributed by atoms with van der Waals surface area (Å²) in [6.07, 6.45) is 3.04. The van der Waals surface area contributed by atoms with Crippen LogP contribution in [-0.2, 0) is 9.59 Å². The molecule has 0 aromatic heterocycles. The van der Waals surface area contributed by atoms with E-state index in [0.29, 0.717) is 47.6 Å². The zero-order valence-electron chi connectivity index (χ0n) is 24.9. The highest BCUT2D eigenvalue weighted by molar-refractivity contribution is 6.21. The summed E-state index contributed by atoms with van der Waals surface area (Å²) in [5, 5.41) is 5.38. The molecule has 228 valence electrons. The Balaban J connectivity index is 1.37. The molecule has 4 amide bonds. The Kier molecular flexibility index (Phi) is 8.32. The zero-order valence-corrected chi connectivity index (χ0v) is 24.9. The lowest BCUT2D eigenvalue weighted by Gasteiger charge is -2.30. The van der Waals surface area contributed by atoms with Crippen LogP contribution in [0.15, 0.2) is 71.7 Å². The van der Waals surface area contributed by atoms with Gasteiger partial charge < -0.3 is 20.3 Å². The number of nitrogens with zero attached hydrogens (tertiary/aromatic N) is 3. The molecule has 0 spiro atoms. The van der Waals surface area contributed by atoms with Gasteiger partial charge in [-0.25, -0.2) is 14.2 Å². The van der Waals surface area contributed by atoms with Crippen molar-refractivity contribution in [1.29, 1.82) is 0 Å². The first kappa shape index (κ1) is 29.3. The first-order chi connectivity index (χ1) is 21.3. The molecule has 0 unspecified atom stereocenters. The summed E-state index contributed by atoms with van der Waals surface area (Å²) < 4.78 is 20.5. The number of anilines is 2. The molecule has 3 aliphatic heterocycles. The fourth-order valence-corrected chi connectivity index (χ4v) is 6.56. The highest BCUT2D eigenvalue weighted by Crippen LogP contribution is 2.35. The lowest BCUT2D eigenvalue weighted by molar-refractivity contribution is -0.132. The van der Waals surface area contributed by atoms with Gasteiger partial charge in [0.2, 0.25) is 12.1 Å². The molecule has 7 rings (SSSR count). The zero-order chi connectivity index (χ0) is 30.8. The van der Waals surface area contributed by atoms with E-state index < -0.39 is 23.9 Å². The van der Waals surface area contributed by atoms with Gasteiger partial charge in [-0.05, 0) is 74.3 Å². The Hall–Kier alpha value is -4.73. The molecule has 10 heteroatoms. The summed E-state index contributed by atoms with van der Waals surface area (Å²) in [4.78, 5) is 49.4. The molecule has 3 aromatic carbocycles. The third kappa shape index (κ3) is 6.02. The van der Waals surface area contributed by atoms with Gasteiger partial charge in [0.15, 0.2) is 0 Å². The van der Waals surface area contributed by atoms with E-state index in [0.717, 1.165) is 31.2 Å². The fraction of sp³-hybridized carbons (Fsp3) is 0.353. The number of hydrogen-bond donors (Lipinski definition) is 2. The lowest BCUT2D eigenvalue weighted by Crippen LogP contribution is -2.52. The minimum absolute atomic E-state index is 0.153. The van der Waals surface area contributed by atoms with Crippen LogP contribution in [0.4, 0.5) is 20.6 Å². The molecular weight excluding hydrogens is 561 g/mol. The number of aliphatic imine (C=N–C) groups is 1. The number of carbonyl (C=O) groups is 3. The smallest absolute Gasteiger partial charge is 0.321 e. The molecule has 1 atom stereocenters. The van der Waals surface area contributed by atoms with Crippen LogP contribution in [0, 0.1) is 24.6 Å². The van der Waals surface area contributed by atoms with E-state index in [-0.39, 0.29) is 23.7 Å². The summed E-state index contributed by atoms with van der Waals surface area (Å²) in [5.41, 5.74) is 2.55. The number of urea groups is 1. The summed E-state index contributed by atoms with van der Waals surface area (Å²) in [6, 6.07) is 17.7. The normalized spacial score (nSPS) is 21.1. The van der Waals surface area contributed by atoms with Crippen LogP contribution in [0.3, 0.4) is 0 Å². The number of methoxy groups -OCH3 is 1. The summed E-state index contributed by atoms with van der Waals surface area (Å²) in [5.74, 6) is 0.231. The molecular formula is C34H36FN5O4. The summed E-state index contributed by atoms with van der Waals surface area (Å²) in [6.45, 7) is 2.99. The van der Waals surface area contributed by atoms with Crippen LogP contribution in [-0.4, -0.2) is 61.4 Å². The second kappa shape index (κ2) is 12.5. The first-order valence-electron chi connectivity index (χ1n) is 15.0. The SMILES string of the molecule is COc1cccc(NC(=O)N[C@@H]2N=C(c3ccccc3F)c3cccc(C)c3N(CC(=O)N3CC4CCC(CC4)C3)C2=O)c1. The number of aryl methyl sites for hydroxylation is 1. The van der Waals surface area contributed by atoms with Gasteiger partial charge in [-0.15, -0.1) is 0 Å². The van der Waals surface area contributed by atoms with E-state index in [4.69, 9.17) is 4.74 Å². The van der Waals surface area contributed by atoms with Crippen molar-refractivity contribution in [2.45, 2.75) is 38.8 Å². The average Bonchev–Trinajstić information content (AvgIpc) is 3.41. The summed E-state index contributed by atoms with van der Waals surface area (Å²) >= 11 is 0. The van der Waals surface area contributed by atoms with Crippen LogP contribution in [0.5, 0.6) is 5.75 Å². The molecule has 4 aliphatic rings. The third-order valence-electron chi connectivity index (χ3n) is 8.81. The van der Waals surface area contributed by atoms with Crippen LogP contribution in [0.25, 0.3) is 0 Å². The highest BCUT2D eigenvalue weighted by atomic mass is 19.1. The topological polar surface area (TPSA) is 103 Å². The van der Waals surface area contributed by atoms with Gasteiger partial charge in [0.1, 0.15) is 18.1 Å². The van der Waals surface area contributed by atoms with Gasteiger partial charge in [-0.3, -0.25) is 14.5 Å². The van der Waals surface area contributed by atoms with Crippen molar-refractivity contribution in [2.75, 3.05) is 37.0 Å². The maximum absolute atomic E-state index is 15.3. The van der Waals surface area contributed by atoms with E-state index in [1.165, 1.54) is 18.1 Å². The third-order valence-corrected chi connectivity index (χ3v) is 8.81. The molecule has 9 nitrogen and oxygen atoms in total. The average molecular weight is 598 g/mol. The van der Waals surface area contributed by atoms with Gasteiger partial charge in [-0.1, -0.05) is 36.4 Å². The van der Waals surface area contributed by atoms with E-state index >= 15 is 4.39 Å². The van der Waals surface area contributed by atoms with Crippen LogP contribution >= 0.6 is 0 Å². The number of amides is 4. The number of nitrogens with one attached hydrogen (secondary N) is 2. The Bertz CT molecular complexity index is 1600. The molecule has 2 bridgehead atoms. The van der Waals surface area contributed by atoms with Crippen molar-refractivity contribution in [2.24, 2.45) is 16.8 Å². The van der Waals surface area contributed by atoms with Crippen LogP contribution in [0.1, 0.15) is 42.4 Å². The number of benzodiazepines with no additional fused rings is 1. The number of ether oxygens (including phenoxy) is 1. The molecule has 3 aromatic rings. The van der Waals surface area contributed by atoms with E-state index in [9.17, 15) is 14.4 Å². The highest BCUT2D eigenvalue weighted by Gasteiger charge is 2.38. The van der Waals surface area contributed by atoms with Crippen molar-refractivity contribution in [3.8, 4) is 5.75 Å². The number of halogens is 1. The van der Waals surface area contributed by atoms with Gasteiger partial charge in [0, 0.05) is 36.0 Å². The predicted molar refractivity (Wildman–Crippen MR) is 167 cm³/mol. The summed E-state index contributed by atoms with van der Waals surface area (Å²) in [7, 11) is 1.52. The number of benzene rings is 3. The number of para-hydroxylation sites is 1. The minimum atomic E-state index is -1.44. The molecule has 1 saturated carbocycles. The second-order valence-corrected chi connectivity index (χ2v) is 11.8. The van der Waals surface area contributed by atoms with E-state index in [2.05, 4.69) is 15.6 Å². The van der Waals surface area contributed by atoms with Gasteiger partial charge in [0.05, 0.1) is 18.5 Å². The fourth-order valence-electron chi connectivity index (χ4n) is 6.56. The van der Waals surface area contributed by atoms with Crippen molar-refractivity contribution < 1.29 is 23.5 Å². The monoisotopic (exact) mass is 597 g/mol. The largest absolute Gasteiger partial charge is 0.497 e. The van der Waals surface area contributed by atoms with Crippen LogP contribution in [0.2, 0.25) is 0 Å². The second-order valence-electron chi connectivity index (χ2n) is 11.8. The minimum Gasteiger partial charge on any atom is -0.497 e. The molecule has 3 heterocycles. The standard InChI is InChI=1S/C34H36FN5O4/c1-21-7-5-11-27-30(26-10-3-4-12-28(26)35)37-32(38-34(43)36-24-8-6-9-25(17-24)44-2)33(42)40(31(21)27)20-29(41)39-18-22-13-14-23(19-39)16-15-22/h3-12,17,22-23,32H,13-16,18-20H2,1-2H3,(H2,36,38,43)/t22?,23?,32-/m0/s1. The molecule has 1 aliphatic carbocycles. The number of hydrogen-bond acceptors (Lipinski definition) is 5. The van der Waals surface area contributed by atoms with Gasteiger partial charge >= 0.3 is 6.03 Å². The number of carbonyl (C=O) groups excluding carboxylic acids is 3. The van der Waals surface area contributed by atoms with Gasteiger partial charge in [-0.2, -0.15) is 0 Å². The maximum atomic E-state index is 15.3. The number of fused-ring (bicyclic) bond motifs is 5. The van der Waals surface area contributed by atoms with Crippen molar-refractivity contribution >= 4 is 34.9 Å². The lowest BCUT2D eigenvalue weighted by atomic mass is 9.84. The van der Waals surface area contributed by atoms with Crippen LogP contribution < -0.4 is 20.3 Å². The van der Waals surface area contributed by atoms with Crippen molar-refractivity contribution in [3.63, 3.8) is 0 Å². The van der Waals surface area contributed by atoms with Crippen molar-refractivity contribution in [3.05, 3.63) is 89.2 Å². The molecule has 2 N–H and O–H groups in total. The van der Waals surface area contributed by atoms with E-state index in [1.54, 1.807) is 48.5 Å². The Morgan fingerprint density at radius 3 is 2.34 bits per heavy atom. The van der Waals surface area contributed by atoms with Crippen molar-refractivity contribution in [1.82, 2.24) is 10.2 Å². The first-order valence-corrected chi connectivity index (χ1v) is 15.0. The Labute approximate surface area is 256 Å². The quantitative estimate of drug-likeness (QED) is 0.412. The predicted octanol–water partition coefficient (Wildman–Crippen LogP) is 5.12.